The summed E-state index contributed by atoms with van der Waals surface area (Å²) >= 11 is 0. The van der Waals surface area contributed by atoms with Crippen molar-refractivity contribution in [3.8, 4) is 0 Å². The summed E-state index contributed by atoms with van der Waals surface area (Å²) in [6, 6.07) is 6.52. The van der Waals surface area contributed by atoms with E-state index in [9.17, 15) is 0 Å². The highest BCUT2D eigenvalue weighted by Gasteiger charge is 2.12. The quantitative estimate of drug-likeness (QED) is 0.888. The third kappa shape index (κ3) is 2.82. The molecule has 1 aromatic heterocycles. The SMILES string of the molecule is NCc1ccc2c(CN3CCCCCC3)c[nH]c2c1. The Hall–Kier alpha value is -1.32. The molecule has 0 atom stereocenters. The van der Waals surface area contributed by atoms with Crippen molar-refractivity contribution in [1.29, 1.82) is 0 Å². The molecule has 1 aromatic carbocycles. The smallest absolute Gasteiger partial charge is 0.0460 e. The van der Waals surface area contributed by atoms with E-state index in [2.05, 4.69) is 34.3 Å². The number of aromatic nitrogens is 1. The van der Waals surface area contributed by atoms with Crippen molar-refractivity contribution in [3.63, 3.8) is 0 Å². The van der Waals surface area contributed by atoms with Gasteiger partial charge in [0.15, 0.2) is 0 Å². The molecule has 3 N–H and O–H groups in total. The molecular weight excluding hydrogens is 234 g/mol. The normalized spacial score (nSPS) is 17.7. The van der Waals surface area contributed by atoms with Crippen LogP contribution in [0.25, 0.3) is 10.9 Å². The van der Waals surface area contributed by atoms with Crippen LogP contribution in [0.5, 0.6) is 0 Å². The Labute approximate surface area is 114 Å². The Bertz CT molecular complexity index is 536. The zero-order valence-corrected chi connectivity index (χ0v) is 11.5. The van der Waals surface area contributed by atoms with Gasteiger partial charge in [-0.15, -0.1) is 0 Å². The maximum Gasteiger partial charge on any atom is 0.0460 e. The van der Waals surface area contributed by atoms with E-state index in [1.165, 1.54) is 60.8 Å². The molecular formula is C16H23N3. The van der Waals surface area contributed by atoms with Crippen LogP contribution >= 0.6 is 0 Å². The fourth-order valence-corrected chi connectivity index (χ4v) is 3.03. The molecule has 0 spiro atoms. The second-order valence-corrected chi connectivity index (χ2v) is 5.59. The molecule has 1 aliphatic rings. The molecule has 0 unspecified atom stereocenters. The number of likely N-dealkylation sites (tertiary alicyclic amines) is 1. The molecule has 3 nitrogen and oxygen atoms in total. The van der Waals surface area contributed by atoms with Gasteiger partial charge in [-0.3, -0.25) is 4.90 Å². The molecule has 3 rings (SSSR count). The summed E-state index contributed by atoms with van der Waals surface area (Å²) in [7, 11) is 0. The van der Waals surface area contributed by atoms with Crippen LogP contribution in [0.3, 0.4) is 0 Å². The van der Waals surface area contributed by atoms with E-state index in [0.29, 0.717) is 6.54 Å². The van der Waals surface area contributed by atoms with E-state index >= 15 is 0 Å². The van der Waals surface area contributed by atoms with Crippen molar-refractivity contribution in [2.24, 2.45) is 5.73 Å². The second-order valence-electron chi connectivity index (χ2n) is 5.59. The largest absolute Gasteiger partial charge is 0.361 e. The Morgan fingerprint density at radius 2 is 1.89 bits per heavy atom. The molecule has 2 aromatic rings. The lowest BCUT2D eigenvalue weighted by atomic mass is 10.1. The molecule has 1 saturated heterocycles. The molecule has 0 radical (unpaired) electrons. The maximum atomic E-state index is 5.69. The highest BCUT2D eigenvalue weighted by Crippen LogP contribution is 2.22. The predicted octanol–water partition coefficient (Wildman–Crippen LogP) is 3.00. The molecule has 0 bridgehead atoms. The lowest BCUT2D eigenvalue weighted by molar-refractivity contribution is 0.278. The fraction of sp³-hybridized carbons (Fsp3) is 0.500. The minimum Gasteiger partial charge on any atom is -0.361 e. The molecule has 102 valence electrons. The Morgan fingerprint density at radius 1 is 1.11 bits per heavy atom. The number of rotatable bonds is 3. The third-order valence-corrected chi connectivity index (χ3v) is 4.16. The molecule has 0 saturated carbocycles. The van der Waals surface area contributed by atoms with Gasteiger partial charge in [0.05, 0.1) is 0 Å². The average Bonchev–Trinajstić information content (AvgIpc) is 2.66. The van der Waals surface area contributed by atoms with Gasteiger partial charge in [0.25, 0.3) is 0 Å². The van der Waals surface area contributed by atoms with E-state index in [0.717, 1.165) is 6.54 Å². The van der Waals surface area contributed by atoms with Crippen molar-refractivity contribution in [2.75, 3.05) is 13.1 Å². The van der Waals surface area contributed by atoms with Crippen molar-refractivity contribution < 1.29 is 0 Å². The summed E-state index contributed by atoms with van der Waals surface area (Å²) in [6.07, 6.45) is 7.64. The number of benzene rings is 1. The van der Waals surface area contributed by atoms with E-state index in [1.807, 2.05) is 0 Å². The lowest BCUT2D eigenvalue weighted by Gasteiger charge is -2.19. The zero-order chi connectivity index (χ0) is 13.1. The fourth-order valence-electron chi connectivity index (χ4n) is 3.03. The first kappa shape index (κ1) is 12.7. The van der Waals surface area contributed by atoms with Crippen LogP contribution in [-0.4, -0.2) is 23.0 Å². The van der Waals surface area contributed by atoms with Crippen LogP contribution in [0, 0.1) is 0 Å². The summed E-state index contributed by atoms with van der Waals surface area (Å²) in [5, 5.41) is 1.35. The van der Waals surface area contributed by atoms with Crippen LogP contribution < -0.4 is 5.73 Å². The van der Waals surface area contributed by atoms with E-state index in [4.69, 9.17) is 5.73 Å². The van der Waals surface area contributed by atoms with Crippen molar-refractivity contribution in [2.45, 2.75) is 38.8 Å². The van der Waals surface area contributed by atoms with Gasteiger partial charge < -0.3 is 10.7 Å². The summed E-state index contributed by atoms with van der Waals surface area (Å²) in [5.74, 6) is 0. The minimum atomic E-state index is 0.608. The molecule has 19 heavy (non-hydrogen) atoms. The van der Waals surface area contributed by atoms with Gasteiger partial charge in [0.1, 0.15) is 0 Å². The van der Waals surface area contributed by atoms with E-state index < -0.39 is 0 Å². The number of nitrogens with one attached hydrogen (secondary N) is 1. The molecule has 0 amide bonds. The van der Waals surface area contributed by atoms with Gasteiger partial charge in [0, 0.05) is 30.2 Å². The number of hydrogen-bond acceptors (Lipinski definition) is 2. The molecule has 0 aliphatic carbocycles. The van der Waals surface area contributed by atoms with Crippen molar-refractivity contribution in [3.05, 3.63) is 35.5 Å². The molecule has 3 heteroatoms. The van der Waals surface area contributed by atoms with Crippen molar-refractivity contribution in [1.82, 2.24) is 9.88 Å². The molecule has 1 fully saturated rings. The third-order valence-electron chi connectivity index (χ3n) is 4.16. The van der Waals surface area contributed by atoms with Crippen LogP contribution in [0.2, 0.25) is 0 Å². The Kier molecular flexibility index (Phi) is 3.85. The van der Waals surface area contributed by atoms with Gasteiger partial charge >= 0.3 is 0 Å². The second kappa shape index (κ2) is 5.76. The molecule has 1 aliphatic heterocycles. The highest BCUT2D eigenvalue weighted by atomic mass is 15.1. The Balaban J connectivity index is 1.80. The predicted molar refractivity (Wildman–Crippen MR) is 79.9 cm³/mol. The minimum absolute atomic E-state index is 0.608. The van der Waals surface area contributed by atoms with Crippen LogP contribution in [0.1, 0.15) is 36.8 Å². The number of fused-ring (bicyclic) bond motifs is 1. The first-order valence-corrected chi connectivity index (χ1v) is 7.38. The van der Waals surface area contributed by atoms with Gasteiger partial charge in [0.2, 0.25) is 0 Å². The summed E-state index contributed by atoms with van der Waals surface area (Å²) < 4.78 is 0. The van der Waals surface area contributed by atoms with Crippen LogP contribution in [0.15, 0.2) is 24.4 Å². The monoisotopic (exact) mass is 257 g/mol. The summed E-state index contributed by atoms with van der Waals surface area (Å²) in [6.45, 7) is 4.17. The van der Waals surface area contributed by atoms with E-state index in [-0.39, 0.29) is 0 Å². The Morgan fingerprint density at radius 3 is 2.63 bits per heavy atom. The van der Waals surface area contributed by atoms with Gasteiger partial charge in [-0.2, -0.15) is 0 Å². The van der Waals surface area contributed by atoms with Crippen molar-refractivity contribution >= 4 is 10.9 Å². The zero-order valence-electron chi connectivity index (χ0n) is 11.5. The summed E-state index contributed by atoms with van der Waals surface area (Å²) in [4.78, 5) is 5.98. The van der Waals surface area contributed by atoms with Crippen LogP contribution in [-0.2, 0) is 13.1 Å². The lowest BCUT2D eigenvalue weighted by Crippen LogP contribution is -2.23. The van der Waals surface area contributed by atoms with Gasteiger partial charge in [-0.25, -0.2) is 0 Å². The maximum absolute atomic E-state index is 5.69. The first-order valence-electron chi connectivity index (χ1n) is 7.38. The number of nitrogens with two attached hydrogens (primary N) is 1. The standard InChI is InChI=1S/C16H23N3/c17-10-13-5-6-15-14(11-18-16(15)9-13)12-19-7-3-1-2-4-8-19/h5-6,9,11,18H,1-4,7-8,10,12,17H2. The number of nitrogens with zero attached hydrogens (tertiary/aromatic N) is 1. The first-order chi connectivity index (χ1) is 9.36. The number of hydrogen-bond donors (Lipinski definition) is 2. The van der Waals surface area contributed by atoms with Crippen LogP contribution in [0.4, 0.5) is 0 Å². The molecule has 2 heterocycles. The highest BCUT2D eigenvalue weighted by molar-refractivity contribution is 5.83. The average molecular weight is 257 g/mol. The van der Waals surface area contributed by atoms with Gasteiger partial charge in [-0.1, -0.05) is 25.0 Å². The number of H-pyrrole nitrogens is 1. The van der Waals surface area contributed by atoms with Gasteiger partial charge in [-0.05, 0) is 43.1 Å². The topological polar surface area (TPSA) is 45.0 Å². The summed E-state index contributed by atoms with van der Waals surface area (Å²) in [5.41, 5.74) is 9.52. The van der Waals surface area contributed by atoms with E-state index in [1.54, 1.807) is 0 Å². The number of aromatic amines is 1.